The number of rotatable bonds is 9. The molecule has 2 aliphatic heterocycles. The molecule has 9 heteroatoms. The minimum atomic E-state index is -0.279. The maximum Gasteiger partial charge on any atom is 0.262 e. The van der Waals surface area contributed by atoms with E-state index in [-0.39, 0.29) is 24.4 Å². The van der Waals surface area contributed by atoms with Gasteiger partial charge in [0.25, 0.3) is 5.91 Å². The Hall–Kier alpha value is -2.75. The van der Waals surface area contributed by atoms with Gasteiger partial charge in [-0.3, -0.25) is 14.5 Å². The van der Waals surface area contributed by atoms with Crippen LogP contribution in [0.15, 0.2) is 46.9 Å². The fraction of sp³-hybridized carbons (Fsp3) is 0.480. The molecule has 3 heterocycles. The molecule has 2 amide bonds. The normalized spacial score (nSPS) is 18.6. The third kappa shape index (κ3) is 5.65. The highest BCUT2D eigenvalue weighted by atomic mass is 32.1. The van der Waals surface area contributed by atoms with Gasteiger partial charge < -0.3 is 14.4 Å². The first-order valence-corrected chi connectivity index (χ1v) is 12.6. The zero-order chi connectivity index (χ0) is 23.9. The minimum absolute atomic E-state index is 0.00385. The molecular formula is C25H32N4O4S. The van der Waals surface area contributed by atoms with Gasteiger partial charge in [0.15, 0.2) is 0 Å². The van der Waals surface area contributed by atoms with E-state index in [1.165, 1.54) is 0 Å². The smallest absolute Gasteiger partial charge is 0.262 e. The van der Waals surface area contributed by atoms with Gasteiger partial charge in [-0.05, 0) is 17.5 Å². The van der Waals surface area contributed by atoms with E-state index in [0.29, 0.717) is 32.6 Å². The number of benzene rings is 1. The van der Waals surface area contributed by atoms with Crippen LogP contribution in [-0.2, 0) is 14.3 Å². The van der Waals surface area contributed by atoms with Crippen LogP contribution in [0, 0.1) is 0 Å². The van der Waals surface area contributed by atoms with Crippen molar-refractivity contribution in [1.29, 1.82) is 0 Å². The first-order chi connectivity index (χ1) is 16.6. The van der Waals surface area contributed by atoms with E-state index in [1.54, 1.807) is 28.4 Å². The summed E-state index contributed by atoms with van der Waals surface area (Å²) in [4.78, 5) is 31.3. The van der Waals surface area contributed by atoms with Crippen molar-refractivity contribution in [3.63, 3.8) is 0 Å². The summed E-state index contributed by atoms with van der Waals surface area (Å²) in [6, 6.07) is 11.5. The maximum absolute atomic E-state index is 13.6. The molecule has 4 rings (SSSR count). The molecule has 2 aliphatic rings. The van der Waals surface area contributed by atoms with Crippen LogP contribution in [0.5, 0.6) is 5.75 Å². The lowest BCUT2D eigenvalue weighted by molar-refractivity contribution is -0.141. The predicted octanol–water partition coefficient (Wildman–Crippen LogP) is 3.01. The highest BCUT2D eigenvalue weighted by Crippen LogP contribution is 2.38. The van der Waals surface area contributed by atoms with E-state index in [4.69, 9.17) is 14.6 Å². The standard InChI is InChI=1S/C25H32N4O4S/c1-3-24(30)28(11-10-27-12-14-33-15-13-27)18-25(31)29-21(19-7-4-5-8-22(19)32-2)17-20(26-29)23-9-6-16-34-23/h4-9,16,21H,3,10-15,17-18H2,1-2H3. The van der Waals surface area contributed by atoms with E-state index < -0.39 is 0 Å². The molecule has 1 fully saturated rings. The fourth-order valence-corrected chi connectivity index (χ4v) is 5.08. The second kappa shape index (κ2) is 11.6. The van der Waals surface area contributed by atoms with E-state index in [9.17, 15) is 9.59 Å². The van der Waals surface area contributed by atoms with Gasteiger partial charge in [0.05, 0.1) is 37.0 Å². The number of hydrogen-bond acceptors (Lipinski definition) is 7. The van der Waals surface area contributed by atoms with Gasteiger partial charge in [-0.2, -0.15) is 5.10 Å². The molecule has 0 saturated carbocycles. The number of thiophene rings is 1. The van der Waals surface area contributed by atoms with E-state index in [1.807, 2.05) is 48.7 Å². The third-order valence-electron chi connectivity index (χ3n) is 6.24. The second-order valence-electron chi connectivity index (χ2n) is 8.35. The first-order valence-electron chi connectivity index (χ1n) is 11.7. The fourth-order valence-electron chi connectivity index (χ4n) is 4.35. The number of carbonyl (C=O) groups is 2. The molecule has 182 valence electrons. The average Bonchev–Trinajstić information content (AvgIpc) is 3.57. The highest BCUT2D eigenvalue weighted by molar-refractivity contribution is 7.12. The zero-order valence-corrected chi connectivity index (χ0v) is 20.6. The van der Waals surface area contributed by atoms with Crippen molar-refractivity contribution in [1.82, 2.24) is 14.8 Å². The number of para-hydroxylation sites is 1. The predicted molar refractivity (Wildman–Crippen MR) is 132 cm³/mol. The molecular weight excluding hydrogens is 452 g/mol. The van der Waals surface area contributed by atoms with Crippen LogP contribution in [0.1, 0.15) is 36.2 Å². The molecule has 1 atom stereocenters. The Labute approximate surface area is 204 Å². The number of amides is 2. The monoisotopic (exact) mass is 484 g/mol. The van der Waals surface area contributed by atoms with Gasteiger partial charge in [-0.1, -0.05) is 31.2 Å². The van der Waals surface area contributed by atoms with Crippen LogP contribution in [0.4, 0.5) is 0 Å². The SMILES string of the molecule is CCC(=O)N(CCN1CCOCC1)CC(=O)N1N=C(c2cccs2)CC1c1ccccc1OC. The summed E-state index contributed by atoms with van der Waals surface area (Å²) in [6.45, 7) is 6.16. The van der Waals surface area contributed by atoms with Crippen molar-refractivity contribution in [3.05, 3.63) is 52.2 Å². The second-order valence-corrected chi connectivity index (χ2v) is 9.29. The molecule has 8 nitrogen and oxygen atoms in total. The minimum Gasteiger partial charge on any atom is -0.496 e. The van der Waals surface area contributed by atoms with Crippen molar-refractivity contribution >= 4 is 28.9 Å². The molecule has 1 aromatic heterocycles. The van der Waals surface area contributed by atoms with Crippen molar-refractivity contribution in [3.8, 4) is 5.75 Å². The van der Waals surface area contributed by atoms with Gasteiger partial charge in [0, 0.05) is 44.6 Å². The van der Waals surface area contributed by atoms with Gasteiger partial charge in [-0.25, -0.2) is 5.01 Å². The van der Waals surface area contributed by atoms with Crippen LogP contribution in [0.3, 0.4) is 0 Å². The Bertz CT molecular complexity index is 1000. The van der Waals surface area contributed by atoms with Crippen molar-refractivity contribution in [2.24, 2.45) is 5.10 Å². The molecule has 1 aromatic carbocycles. The summed E-state index contributed by atoms with van der Waals surface area (Å²) < 4.78 is 11.0. The van der Waals surface area contributed by atoms with Crippen LogP contribution < -0.4 is 4.74 Å². The van der Waals surface area contributed by atoms with Crippen molar-refractivity contribution < 1.29 is 19.1 Å². The molecule has 0 bridgehead atoms. The van der Waals surface area contributed by atoms with E-state index in [0.717, 1.165) is 41.5 Å². The van der Waals surface area contributed by atoms with Crippen LogP contribution in [0.2, 0.25) is 0 Å². The Morgan fingerprint density at radius 3 is 2.71 bits per heavy atom. The van der Waals surface area contributed by atoms with Gasteiger partial charge in [-0.15, -0.1) is 11.3 Å². The number of hydrogen-bond donors (Lipinski definition) is 0. The Morgan fingerprint density at radius 2 is 2.00 bits per heavy atom. The molecule has 0 spiro atoms. The first kappa shape index (κ1) is 24.4. The van der Waals surface area contributed by atoms with Crippen molar-refractivity contribution in [2.45, 2.75) is 25.8 Å². The van der Waals surface area contributed by atoms with E-state index >= 15 is 0 Å². The van der Waals surface area contributed by atoms with E-state index in [2.05, 4.69) is 4.90 Å². The van der Waals surface area contributed by atoms with Gasteiger partial charge >= 0.3 is 0 Å². The number of carbonyl (C=O) groups excluding carboxylic acids is 2. The Balaban J connectivity index is 1.54. The number of methoxy groups -OCH3 is 1. The molecule has 0 aliphatic carbocycles. The number of ether oxygens (including phenoxy) is 2. The quantitative estimate of drug-likeness (QED) is 0.547. The number of nitrogens with zero attached hydrogens (tertiary/aromatic N) is 4. The van der Waals surface area contributed by atoms with Crippen LogP contribution in [0.25, 0.3) is 0 Å². The lowest BCUT2D eigenvalue weighted by Crippen LogP contribution is -2.46. The maximum atomic E-state index is 13.6. The summed E-state index contributed by atoms with van der Waals surface area (Å²) in [5.74, 6) is 0.505. The Kier molecular flexibility index (Phi) is 8.31. The van der Waals surface area contributed by atoms with Crippen molar-refractivity contribution in [2.75, 3.05) is 53.0 Å². The molecule has 2 aromatic rings. The molecule has 34 heavy (non-hydrogen) atoms. The van der Waals surface area contributed by atoms with Crippen LogP contribution in [-0.4, -0.2) is 85.4 Å². The van der Waals surface area contributed by atoms with Gasteiger partial charge in [0.2, 0.25) is 5.91 Å². The zero-order valence-electron chi connectivity index (χ0n) is 19.8. The lowest BCUT2D eigenvalue weighted by Gasteiger charge is -2.31. The number of morpholine rings is 1. The summed E-state index contributed by atoms with van der Waals surface area (Å²) >= 11 is 1.61. The third-order valence-corrected chi connectivity index (χ3v) is 7.16. The summed E-state index contributed by atoms with van der Waals surface area (Å²) in [6.07, 6.45) is 0.957. The van der Waals surface area contributed by atoms with Gasteiger partial charge in [0.1, 0.15) is 12.3 Å². The Morgan fingerprint density at radius 1 is 1.21 bits per heavy atom. The summed E-state index contributed by atoms with van der Waals surface area (Å²) in [7, 11) is 1.63. The largest absolute Gasteiger partial charge is 0.496 e. The average molecular weight is 485 g/mol. The molecule has 0 radical (unpaired) electrons. The molecule has 1 unspecified atom stereocenters. The number of hydrazone groups is 1. The highest BCUT2D eigenvalue weighted by Gasteiger charge is 2.36. The molecule has 1 saturated heterocycles. The van der Waals surface area contributed by atoms with Crippen LogP contribution >= 0.6 is 11.3 Å². The summed E-state index contributed by atoms with van der Waals surface area (Å²) in [5.41, 5.74) is 1.79. The topological polar surface area (TPSA) is 74.7 Å². The molecule has 0 N–H and O–H groups in total. The lowest BCUT2D eigenvalue weighted by atomic mass is 10.00. The summed E-state index contributed by atoms with van der Waals surface area (Å²) in [5, 5.41) is 8.30.